The third-order valence-electron chi connectivity index (χ3n) is 1.85. The van der Waals surface area contributed by atoms with Crippen LogP contribution in [0.1, 0.15) is 0 Å². The summed E-state index contributed by atoms with van der Waals surface area (Å²) in [4.78, 5) is 6.57. The third kappa shape index (κ3) is 2.07. The molecule has 0 amide bonds. The van der Waals surface area contributed by atoms with Crippen molar-refractivity contribution in [2.24, 2.45) is 0 Å². The zero-order valence-electron chi connectivity index (χ0n) is 7.50. The van der Waals surface area contributed by atoms with Crippen molar-refractivity contribution in [1.82, 2.24) is 9.97 Å². The Balaban J connectivity index is 2.63. The molecule has 0 aliphatic heterocycles. The molecule has 0 unspecified atom stereocenters. The predicted octanol–water partition coefficient (Wildman–Crippen LogP) is 3.08. The zero-order chi connectivity index (χ0) is 10.8. The molecule has 0 fully saturated rings. The molecule has 1 aromatic carbocycles. The number of hydrogen-bond acceptors (Lipinski definition) is 2. The van der Waals surface area contributed by atoms with Crippen molar-refractivity contribution in [2.45, 2.75) is 0 Å². The third-order valence-corrected chi connectivity index (χ3v) is 2.09. The quantitative estimate of drug-likeness (QED) is 0.754. The van der Waals surface area contributed by atoms with Gasteiger partial charge in [-0.25, -0.2) is 13.8 Å². The average molecular weight is 224 g/mol. The predicted molar refractivity (Wildman–Crippen MR) is 54.8 cm³/mol. The maximum atomic E-state index is 13.3. The van der Waals surface area contributed by atoms with Gasteiger partial charge in [0.2, 0.25) is 0 Å². The molecular formula is C10H6F2N2S. The molecule has 2 rings (SSSR count). The molecule has 1 N–H and O–H groups in total. The van der Waals surface area contributed by atoms with Crippen LogP contribution in [0, 0.1) is 16.3 Å². The van der Waals surface area contributed by atoms with Crippen LogP contribution in [0.3, 0.4) is 0 Å². The minimum absolute atomic E-state index is 0.0710. The SMILES string of the molecule is Fc1ccc(F)c(-c2nccc(=S)[nH]2)c1. The fourth-order valence-corrected chi connectivity index (χ4v) is 1.34. The van der Waals surface area contributed by atoms with Gasteiger partial charge in [0, 0.05) is 6.20 Å². The average Bonchev–Trinajstić information content (AvgIpc) is 2.22. The van der Waals surface area contributed by atoms with Crippen molar-refractivity contribution < 1.29 is 8.78 Å². The van der Waals surface area contributed by atoms with E-state index in [0.717, 1.165) is 18.2 Å². The van der Waals surface area contributed by atoms with Crippen LogP contribution in [0.2, 0.25) is 0 Å². The van der Waals surface area contributed by atoms with E-state index >= 15 is 0 Å². The van der Waals surface area contributed by atoms with Crippen LogP contribution in [0.4, 0.5) is 8.78 Å². The second-order valence-corrected chi connectivity index (χ2v) is 3.35. The van der Waals surface area contributed by atoms with Gasteiger partial charge in [0.1, 0.15) is 22.1 Å². The first-order chi connectivity index (χ1) is 7.16. The summed E-state index contributed by atoms with van der Waals surface area (Å²) in [6.45, 7) is 0. The van der Waals surface area contributed by atoms with Crippen LogP contribution in [-0.4, -0.2) is 9.97 Å². The van der Waals surface area contributed by atoms with Crippen molar-refractivity contribution >= 4 is 12.2 Å². The number of aromatic nitrogens is 2. The Bertz CT molecular complexity index is 551. The highest BCUT2D eigenvalue weighted by molar-refractivity contribution is 7.71. The van der Waals surface area contributed by atoms with Crippen LogP contribution in [0.15, 0.2) is 30.5 Å². The monoisotopic (exact) mass is 224 g/mol. The molecule has 0 saturated carbocycles. The lowest BCUT2D eigenvalue weighted by atomic mass is 10.2. The first kappa shape index (κ1) is 9.92. The van der Waals surface area contributed by atoms with Crippen LogP contribution in [-0.2, 0) is 0 Å². The molecule has 0 aliphatic carbocycles. The maximum absolute atomic E-state index is 13.3. The highest BCUT2D eigenvalue weighted by Crippen LogP contribution is 2.19. The highest BCUT2D eigenvalue weighted by Gasteiger charge is 2.07. The second kappa shape index (κ2) is 3.86. The van der Waals surface area contributed by atoms with E-state index < -0.39 is 11.6 Å². The van der Waals surface area contributed by atoms with E-state index in [4.69, 9.17) is 12.2 Å². The minimum Gasteiger partial charge on any atom is -0.331 e. The van der Waals surface area contributed by atoms with Crippen LogP contribution in [0.25, 0.3) is 11.4 Å². The van der Waals surface area contributed by atoms with Crippen molar-refractivity contribution in [3.05, 3.63) is 46.7 Å². The Morgan fingerprint density at radius 3 is 2.73 bits per heavy atom. The number of benzene rings is 1. The Kier molecular flexibility index (Phi) is 2.55. The fourth-order valence-electron chi connectivity index (χ4n) is 1.19. The maximum Gasteiger partial charge on any atom is 0.141 e. The number of rotatable bonds is 1. The van der Waals surface area contributed by atoms with Gasteiger partial charge in [0.15, 0.2) is 0 Å². The van der Waals surface area contributed by atoms with E-state index in [-0.39, 0.29) is 11.4 Å². The van der Waals surface area contributed by atoms with E-state index in [1.807, 2.05) is 0 Å². The molecule has 1 heterocycles. The lowest BCUT2D eigenvalue weighted by Crippen LogP contribution is -1.92. The van der Waals surface area contributed by atoms with E-state index in [9.17, 15) is 8.78 Å². The highest BCUT2D eigenvalue weighted by atomic mass is 32.1. The lowest BCUT2D eigenvalue weighted by molar-refractivity contribution is 0.602. The minimum atomic E-state index is -0.541. The molecule has 2 nitrogen and oxygen atoms in total. The summed E-state index contributed by atoms with van der Waals surface area (Å²) >= 11 is 4.86. The first-order valence-electron chi connectivity index (χ1n) is 4.17. The number of H-pyrrole nitrogens is 1. The largest absolute Gasteiger partial charge is 0.331 e. The first-order valence-corrected chi connectivity index (χ1v) is 4.58. The molecule has 0 saturated heterocycles. The number of hydrogen-bond donors (Lipinski definition) is 1. The van der Waals surface area contributed by atoms with E-state index in [2.05, 4.69) is 9.97 Å². The van der Waals surface area contributed by atoms with Gasteiger partial charge < -0.3 is 4.98 Å². The van der Waals surface area contributed by atoms with Gasteiger partial charge in [-0.2, -0.15) is 0 Å². The number of aromatic amines is 1. The molecular weight excluding hydrogens is 218 g/mol. The normalized spacial score (nSPS) is 10.3. The van der Waals surface area contributed by atoms with Crippen molar-refractivity contribution in [1.29, 1.82) is 0 Å². The van der Waals surface area contributed by atoms with E-state index in [1.165, 1.54) is 6.20 Å². The number of nitrogens with zero attached hydrogens (tertiary/aromatic N) is 1. The molecule has 15 heavy (non-hydrogen) atoms. The van der Waals surface area contributed by atoms with Gasteiger partial charge in [0.25, 0.3) is 0 Å². The molecule has 76 valence electrons. The van der Waals surface area contributed by atoms with Crippen molar-refractivity contribution in [3.63, 3.8) is 0 Å². The zero-order valence-corrected chi connectivity index (χ0v) is 8.31. The summed E-state index contributed by atoms with van der Waals surface area (Å²) in [5, 5.41) is 0. The molecule has 2 aromatic rings. The summed E-state index contributed by atoms with van der Waals surface area (Å²) < 4.78 is 26.6. The molecule has 0 aliphatic rings. The fraction of sp³-hybridized carbons (Fsp3) is 0. The Hall–Kier alpha value is -1.62. The van der Waals surface area contributed by atoms with Gasteiger partial charge in [-0.3, -0.25) is 0 Å². The standard InChI is InChI=1S/C10H6F2N2S/c11-6-1-2-8(12)7(5-6)10-13-4-3-9(15)14-10/h1-5H,(H,13,14,15). The lowest BCUT2D eigenvalue weighted by Gasteiger charge is -2.02. The van der Waals surface area contributed by atoms with E-state index in [0.29, 0.717) is 4.64 Å². The van der Waals surface area contributed by atoms with Crippen LogP contribution in [0.5, 0.6) is 0 Å². The van der Waals surface area contributed by atoms with Crippen LogP contribution < -0.4 is 0 Å². The summed E-state index contributed by atoms with van der Waals surface area (Å²) in [6, 6.07) is 4.74. The Labute approximate surface area is 89.6 Å². The van der Waals surface area contributed by atoms with Gasteiger partial charge in [-0.05, 0) is 24.3 Å². The summed E-state index contributed by atoms with van der Waals surface area (Å²) in [6.07, 6.45) is 1.44. The molecule has 0 bridgehead atoms. The topological polar surface area (TPSA) is 28.7 Å². The van der Waals surface area contributed by atoms with Crippen LogP contribution >= 0.6 is 12.2 Å². The molecule has 0 radical (unpaired) electrons. The molecule has 1 aromatic heterocycles. The number of nitrogens with one attached hydrogen (secondary N) is 1. The molecule has 0 atom stereocenters. The van der Waals surface area contributed by atoms with E-state index in [1.54, 1.807) is 6.07 Å². The summed E-state index contributed by atoms with van der Waals surface area (Å²) in [7, 11) is 0. The summed E-state index contributed by atoms with van der Waals surface area (Å²) in [5.74, 6) is -0.836. The molecule has 5 heteroatoms. The van der Waals surface area contributed by atoms with Gasteiger partial charge in [-0.15, -0.1) is 0 Å². The smallest absolute Gasteiger partial charge is 0.141 e. The van der Waals surface area contributed by atoms with Gasteiger partial charge in [0.05, 0.1) is 5.56 Å². The Morgan fingerprint density at radius 1 is 1.20 bits per heavy atom. The molecule has 0 spiro atoms. The van der Waals surface area contributed by atoms with Crippen molar-refractivity contribution in [3.8, 4) is 11.4 Å². The summed E-state index contributed by atoms with van der Waals surface area (Å²) in [5.41, 5.74) is 0.0710. The van der Waals surface area contributed by atoms with Gasteiger partial charge >= 0.3 is 0 Å². The van der Waals surface area contributed by atoms with Crippen molar-refractivity contribution in [2.75, 3.05) is 0 Å². The number of halogens is 2. The second-order valence-electron chi connectivity index (χ2n) is 2.91. The Morgan fingerprint density at radius 2 is 2.00 bits per heavy atom. The van der Waals surface area contributed by atoms with Gasteiger partial charge in [-0.1, -0.05) is 12.2 Å².